The Hall–Kier alpha value is -1.90. The minimum absolute atomic E-state index is 0.0135. The summed E-state index contributed by atoms with van der Waals surface area (Å²) in [4.78, 5) is 24.1. The van der Waals surface area contributed by atoms with Crippen molar-refractivity contribution in [1.29, 1.82) is 10.5 Å². The number of rotatable bonds is 7. The van der Waals surface area contributed by atoms with Crippen molar-refractivity contribution in [3.8, 4) is 12.1 Å². The second-order valence-electron chi connectivity index (χ2n) is 5.53. The van der Waals surface area contributed by atoms with Crippen LogP contribution in [0, 0.1) is 33.5 Å². The van der Waals surface area contributed by atoms with Gasteiger partial charge in [-0.3, -0.25) is 9.59 Å². The highest BCUT2D eigenvalue weighted by Crippen LogP contribution is 2.57. The molecule has 7 nitrogen and oxygen atoms in total. The molecule has 136 valence electrons. The molecular formula is C16H21ClN4O3S. The minimum Gasteiger partial charge on any atom is -0.465 e. The maximum absolute atomic E-state index is 12.4. The van der Waals surface area contributed by atoms with E-state index in [4.69, 9.17) is 22.1 Å². The van der Waals surface area contributed by atoms with Crippen molar-refractivity contribution < 1.29 is 14.3 Å². The molecule has 1 rings (SSSR count). The summed E-state index contributed by atoms with van der Waals surface area (Å²) in [6.45, 7) is 5.59. The molecule has 0 saturated heterocycles. The number of carbonyl (C=O) groups is 2. The van der Waals surface area contributed by atoms with E-state index in [2.05, 4.69) is 5.32 Å². The number of amides is 1. The van der Waals surface area contributed by atoms with Gasteiger partial charge in [-0.25, -0.2) is 0 Å². The Morgan fingerprint density at radius 3 is 2.36 bits per heavy atom. The molecule has 0 aromatic carbocycles. The number of ether oxygens (including phenoxy) is 1. The fraction of sp³-hybridized carbons (Fsp3) is 0.625. The Morgan fingerprint density at radius 1 is 1.36 bits per heavy atom. The third kappa shape index (κ3) is 3.29. The fourth-order valence-corrected chi connectivity index (χ4v) is 5.14. The number of halogens is 1. The van der Waals surface area contributed by atoms with E-state index >= 15 is 0 Å². The Balaban J connectivity index is 3.50. The van der Waals surface area contributed by atoms with Crippen LogP contribution >= 0.6 is 23.4 Å². The first-order chi connectivity index (χ1) is 11.8. The molecule has 1 heterocycles. The molecule has 0 aromatic heterocycles. The number of nitrogens with zero attached hydrogens (tertiary/aromatic N) is 2. The predicted octanol–water partition coefficient (Wildman–Crippen LogP) is 1.99. The SMILES string of the molecule is CCOC(=O)CS[C@H]1NC(Cl)=C(C#N)[C@](C#N)(C(N)=O)C1(CC)CC. The van der Waals surface area contributed by atoms with Crippen LogP contribution in [0.1, 0.15) is 33.6 Å². The van der Waals surface area contributed by atoms with Crippen molar-refractivity contribution in [2.45, 2.75) is 39.0 Å². The average molecular weight is 385 g/mol. The second kappa shape index (κ2) is 8.46. The van der Waals surface area contributed by atoms with E-state index in [1.807, 2.05) is 26.0 Å². The molecule has 0 bridgehead atoms. The number of carbonyl (C=O) groups excluding carboxylic acids is 2. The summed E-state index contributed by atoms with van der Waals surface area (Å²) >= 11 is 7.34. The van der Waals surface area contributed by atoms with Gasteiger partial charge in [-0.2, -0.15) is 10.5 Å². The zero-order chi connectivity index (χ0) is 19.3. The van der Waals surface area contributed by atoms with Crippen molar-refractivity contribution in [2.75, 3.05) is 12.4 Å². The molecule has 0 radical (unpaired) electrons. The molecule has 0 aromatic rings. The van der Waals surface area contributed by atoms with E-state index in [0.717, 1.165) is 0 Å². The predicted molar refractivity (Wildman–Crippen MR) is 94.8 cm³/mol. The molecular weight excluding hydrogens is 364 g/mol. The highest BCUT2D eigenvalue weighted by Gasteiger charge is 2.64. The Labute approximate surface area is 156 Å². The zero-order valence-corrected chi connectivity index (χ0v) is 16.0. The van der Waals surface area contributed by atoms with Crippen molar-refractivity contribution >= 4 is 35.2 Å². The number of nitrogens with one attached hydrogen (secondary N) is 1. The molecule has 2 atom stereocenters. The van der Waals surface area contributed by atoms with Crippen LogP contribution in [-0.2, 0) is 14.3 Å². The minimum atomic E-state index is -1.88. The van der Waals surface area contributed by atoms with Gasteiger partial charge in [0.15, 0.2) is 5.41 Å². The Bertz CT molecular complexity index is 663. The first kappa shape index (κ1) is 21.1. The van der Waals surface area contributed by atoms with Gasteiger partial charge in [0.25, 0.3) is 0 Å². The largest absolute Gasteiger partial charge is 0.465 e. The molecule has 1 aliphatic rings. The smallest absolute Gasteiger partial charge is 0.315 e. The van der Waals surface area contributed by atoms with E-state index in [0.29, 0.717) is 12.8 Å². The van der Waals surface area contributed by atoms with Crippen LogP contribution in [0.5, 0.6) is 0 Å². The van der Waals surface area contributed by atoms with Crippen molar-refractivity contribution in [3.05, 3.63) is 10.7 Å². The van der Waals surface area contributed by atoms with Crippen LogP contribution < -0.4 is 11.1 Å². The lowest BCUT2D eigenvalue weighted by Crippen LogP contribution is -2.62. The monoisotopic (exact) mass is 384 g/mol. The molecule has 9 heteroatoms. The standard InChI is InChI=1S/C16H21ClN4O3S/c1-4-15(5-2)14(25-8-11(22)24-6-3)21-12(17)10(7-18)16(15,9-19)13(20)23/h14,21H,4-6,8H2,1-3H3,(H2,20,23)/t14-,16-/m1/s1. The molecule has 0 saturated carbocycles. The van der Waals surface area contributed by atoms with Gasteiger partial charge in [0.1, 0.15) is 11.2 Å². The Morgan fingerprint density at radius 2 is 1.96 bits per heavy atom. The van der Waals surface area contributed by atoms with E-state index in [1.54, 1.807) is 6.92 Å². The maximum Gasteiger partial charge on any atom is 0.315 e. The molecule has 0 fully saturated rings. The molecule has 1 amide bonds. The number of nitriles is 2. The molecule has 3 N–H and O–H groups in total. The first-order valence-electron chi connectivity index (χ1n) is 7.86. The molecule has 1 aliphatic heterocycles. The van der Waals surface area contributed by atoms with E-state index < -0.39 is 28.1 Å². The lowest BCUT2D eigenvalue weighted by Gasteiger charge is -2.51. The number of thioether (sulfide) groups is 1. The van der Waals surface area contributed by atoms with Gasteiger partial charge in [0.2, 0.25) is 5.91 Å². The summed E-state index contributed by atoms with van der Waals surface area (Å²) in [7, 11) is 0. The third-order valence-electron chi connectivity index (χ3n) is 4.69. The van der Waals surface area contributed by atoms with Crippen molar-refractivity contribution in [2.24, 2.45) is 16.6 Å². The highest BCUT2D eigenvalue weighted by atomic mass is 35.5. The van der Waals surface area contributed by atoms with Gasteiger partial charge in [0.05, 0.1) is 29.4 Å². The summed E-state index contributed by atoms with van der Waals surface area (Å²) < 4.78 is 4.92. The van der Waals surface area contributed by atoms with E-state index in [-0.39, 0.29) is 23.1 Å². The number of hydrogen-bond acceptors (Lipinski definition) is 7. The van der Waals surface area contributed by atoms with Crippen LogP contribution in [0.25, 0.3) is 0 Å². The summed E-state index contributed by atoms with van der Waals surface area (Å²) in [5, 5.41) is 21.7. The number of esters is 1. The molecule has 25 heavy (non-hydrogen) atoms. The molecule has 0 aliphatic carbocycles. The quantitative estimate of drug-likeness (QED) is 0.507. The van der Waals surface area contributed by atoms with Crippen LogP contribution in [0.15, 0.2) is 10.7 Å². The zero-order valence-electron chi connectivity index (χ0n) is 14.4. The molecule has 0 spiro atoms. The van der Waals surface area contributed by atoms with Crippen LogP contribution in [0.4, 0.5) is 0 Å². The van der Waals surface area contributed by atoms with Gasteiger partial charge < -0.3 is 15.8 Å². The van der Waals surface area contributed by atoms with Crippen LogP contribution in [-0.4, -0.2) is 29.6 Å². The van der Waals surface area contributed by atoms with Gasteiger partial charge in [-0.15, -0.1) is 11.8 Å². The Kier molecular flexibility index (Phi) is 7.16. The van der Waals surface area contributed by atoms with Gasteiger partial charge in [0, 0.05) is 5.41 Å². The lowest BCUT2D eigenvalue weighted by molar-refractivity contribution is -0.139. The topological polar surface area (TPSA) is 129 Å². The maximum atomic E-state index is 12.4. The fourth-order valence-electron chi connectivity index (χ4n) is 3.37. The summed E-state index contributed by atoms with van der Waals surface area (Å²) in [6.07, 6.45) is 0.756. The van der Waals surface area contributed by atoms with Crippen LogP contribution in [0.3, 0.4) is 0 Å². The van der Waals surface area contributed by atoms with Gasteiger partial charge in [-0.05, 0) is 19.8 Å². The first-order valence-corrected chi connectivity index (χ1v) is 9.29. The highest BCUT2D eigenvalue weighted by molar-refractivity contribution is 8.00. The van der Waals surface area contributed by atoms with Crippen molar-refractivity contribution in [3.63, 3.8) is 0 Å². The van der Waals surface area contributed by atoms with Gasteiger partial charge >= 0.3 is 5.97 Å². The lowest BCUT2D eigenvalue weighted by atomic mass is 9.56. The number of primary amides is 1. The summed E-state index contributed by atoms with van der Waals surface area (Å²) in [5.74, 6) is -1.32. The number of nitrogens with two attached hydrogens (primary N) is 1. The van der Waals surface area contributed by atoms with Crippen molar-refractivity contribution in [1.82, 2.24) is 5.32 Å². The normalized spacial score (nSPS) is 24.6. The second-order valence-corrected chi connectivity index (χ2v) is 7.00. The summed E-state index contributed by atoms with van der Waals surface area (Å²) in [6, 6.07) is 3.84. The van der Waals surface area contributed by atoms with E-state index in [9.17, 15) is 20.1 Å². The average Bonchev–Trinajstić information content (AvgIpc) is 2.59. The van der Waals surface area contributed by atoms with E-state index in [1.165, 1.54) is 11.8 Å². The molecule has 0 unspecified atom stereocenters. The van der Waals surface area contributed by atoms with Crippen LogP contribution in [0.2, 0.25) is 0 Å². The van der Waals surface area contributed by atoms with Gasteiger partial charge in [-0.1, -0.05) is 25.4 Å². The number of hydrogen-bond donors (Lipinski definition) is 2. The third-order valence-corrected chi connectivity index (χ3v) is 6.29. The summed E-state index contributed by atoms with van der Waals surface area (Å²) in [5.41, 5.74) is 2.54.